The molecule has 7 heteroatoms. The van der Waals surface area contributed by atoms with Crippen LogP contribution in [0.5, 0.6) is 0 Å². The van der Waals surface area contributed by atoms with Gasteiger partial charge in [-0.3, -0.25) is 9.59 Å². The second-order valence-corrected chi connectivity index (χ2v) is 8.18. The van der Waals surface area contributed by atoms with Gasteiger partial charge >= 0.3 is 0 Å². The summed E-state index contributed by atoms with van der Waals surface area (Å²) >= 11 is 1.53. The van der Waals surface area contributed by atoms with Crippen molar-refractivity contribution in [1.82, 2.24) is 4.98 Å². The van der Waals surface area contributed by atoms with E-state index in [0.29, 0.717) is 23.9 Å². The zero-order chi connectivity index (χ0) is 21.2. The van der Waals surface area contributed by atoms with E-state index >= 15 is 0 Å². The Morgan fingerprint density at radius 3 is 2.65 bits per heavy atom. The summed E-state index contributed by atoms with van der Waals surface area (Å²) in [6.07, 6.45) is 0.220. The first-order chi connectivity index (χ1) is 15.2. The van der Waals surface area contributed by atoms with Crippen molar-refractivity contribution in [1.29, 1.82) is 0 Å². The van der Waals surface area contributed by atoms with Crippen LogP contribution in [0.4, 0.5) is 11.4 Å². The van der Waals surface area contributed by atoms with Gasteiger partial charge in [0.2, 0.25) is 17.7 Å². The van der Waals surface area contributed by atoms with E-state index in [9.17, 15) is 9.59 Å². The van der Waals surface area contributed by atoms with Gasteiger partial charge in [0.1, 0.15) is 5.52 Å². The van der Waals surface area contributed by atoms with Gasteiger partial charge in [-0.25, -0.2) is 4.98 Å². The fourth-order valence-electron chi connectivity index (χ4n) is 3.53. The number of benzene rings is 3. The Bertz CT molecular complexity index is 1230. The normalized spacial score (nSPS) is 13.3. The molecule has 0 fully saturated rings. The van der Waals surface area contributed by atoms with Crippen LogP contribution in [-0.2, 0) is 9.59 Å². The molecule has 6 nitrogen and oxygen atoms in total. The van der Waals surface area contributed by atoms with Gasteiger partial charge in [0.05, 0.1) is 11.4 Å². The van der Waals surface area contributed by atoms with Gasteiger partial charge in [0, 0.05) is 29.1 Å². The number of carbonyl (C=O) groups excluding carboxylic acids is 2. The summed E-state index contributed by atoms with van der Waals surface area (Å²) in [6.45, 7) is 0.350. The van der Waals surface area contributed by atoms with Crippen LogP contribution >= 0.6 is 11.8 Å². The number of hydrogen-bond donors (Lipinski definition) is 1. The van der Waals surface area contributed by atoms with Gasteiger partial charge in [-0.1, -0.05) is 24.3 Å². The Hall–Kier alpha value is -3.58. The Morgan fingerprint density at radius 2 is 1.81 bits per heavy atom. The molecule has 154 valence electrons. The number of para-hydroxylation sites is 3. The Morgan fingerprint density at radius 1 is 1.03 bits per heavy atom. The van der Waals surface area contributed by atoms with Crippen LogP contribution in [0.3, 0.4) is 0 Å². The fourth-order valence-corrected chi connectivity index (χ4v) is 4.46. The number of hydrogen-bond acceptors (Lipinski definition) is 5. The molecule has 5 rings (SSSR count). The molecule has 0 aliphatic carbocycles. The van der Waals surface area contributed by atoms with Crippen LogP contribution in [0.1, 0.15) is 6.42 Å². The van der Waals surface area contributed by atoms with Crippen LogP contribution in [0.2, 0.25) is 0 Å². The Kier molecular flexibility index (Phi) is 5.18. The van der Waals surface area contributed by atoms with Crippen molar-refractivity contribution in [3.8, 4) is 11.5 Å². The number of carbonyl (C=O) groups is 2. The summed E-state index contributed by atoms with van der Waals surface area (Å²) in [5.41, 5.74) is 3.94. The van der Waals surface area contributed by atoms with Crippen molar-refractivity contribution in [2.24, 2.45) is 0 Å². The molecule has 31 heavy (non-hydrogen) atoms. The number of nitrogens with zero attached hydrogens (tertiary/aromatic N) is 2. The monoisotopic (exact) mass is 429 g/mol. The lowest BCUT2D eigenvalue weighted by molar-refractivity contribution is -0.117. The first-order valence-electron chi connectivity index (χ1n) is 9.95. The third-order valence-electron chi connectivity index (χ3n) is 5.08. The smallest absolute Gasteiger partial charge is 0.237 e. The third kappa shape index (κ3) is 4.04. The summed E-state index contributed by atoms with van der Waals surface area (Å²) in [4.78, 5) is 32.0. The highest BCUT2D eigenvalue weighted by Gasteiger charge is 2.24. The Labute approximate surface area is 183 Å². The van der Waals surface area contributed by atoms with Gasteiger partial charge < -0.3 is 14.6 Å². The minimum absolute atomic E-state index is 0.0270. The van der Waals surface area contributed by atoms with Crippen molar-refractivity contribution in [2.45, 2.75) is 11.3 Å². The molecule has 1 aliphatic heterocycles. The highest BCUT2D eigenvalue weighted by molar-refractivity contribution is 8.00. The minimum atomic E-state index is -0.141. The molecule has 0 saturated heterocycles. The molecule has 0 spiro atoms. The van der Waals surface area contributed by atoms with Crippen LogP contribution in [0.25, 0.3) is 22.6 Å². The average Bonchev–Trinajstić information content (AvgIpc) is 3.23. The molecular weight excluding hydrogens is 410 g/mol. The molecule has 1 aliphatic rings. The molecule has 1 aromatic heterocycles. The van der Waals surface area contributed by atoms with E-state index < -0.39 is 0 Å². The zero-order valence-electron chi connectivity index (χ0n) is 16.6. The van der Waals surface area contributed by atoms with Crippen molar-refractivity contribution >= 4 is 46.1 Å². The van der Waals surface area contributed by atoms with Crippen molar-refractivity contribution in [3.63, 3.8) is 0 Å². The van der Waals surface area contributed by atoms with Gasteiger partial charge in [-0.15, -0.1) is 11.8 Å². The molecule has 0 unspecified atom stereocenters. The molecule has 0 saturated carbocycles. The average molecular weight is 430 g/mol. The van der Waals surface area contributed by atoms with E-state index in [-0.39, 0.29) is 18.2 Å². The quantitative estimate of drug-likeness (QED) is 0.485. The number of thioether (sulfide) groups is 1. The number of nitrogens with one attached hydrogen (secondary N) is 1. The van der Waals surface area contributed by atoms with Crippen LogP contribution < -0.4 is 10.2 Å². The fraction of sp³-hybridized carbons (Fsp3) is 0.125. The van der Waals surface area contributed by atoms with E-state index in [1.54, 1.807) is 4.90 Å². The first-order valence-corrected chi connectivity index (χ1v) is 10.9. The highest BCUT2D eigenvalue weighted by atomic mass is 32.2. The number of rotatable bonds is 5. The lowest BCUT2D eigenvalue weighted by atomic mass is 10.2. The predicted molar refractivity (Wildman–Crippen MR) is 122 cm³/mol. The largest absolute Gasteiger partial charge is 0.436 e. The molecule has 0 radical (unpaired) electrons. The SMILES string of the molecule is O=C(CCN1C(=O)CSc2ccccc21)Nc1ccc(-c2nc3ccccc3o2)cc1. The second-order valence-electron chi connectivity index (χ2n) is 7.16. The van der Waals surface area contributed by atoms with Crippen molar-refractivity contribution in [2.75, 3.05) is 22.5 Å². The molecule has 1 N–H and O–H groups in total. The number of oxazole rings is 1. The van der Waals surface area contributed by atoms with Crippen molar-refractivity contribution < 1.29 is 14.0 Å². The van der Waals surface area contributed by atoms with E-state index in [1.807, 2.05) is 72.8 Å². The molecule has 2 heterocycles. The lowest BCUT2D eigenvalue weighted by Crippen LogP contribution is -2.37. The molecule has 2 amide bonds. The number of aromatic nitrogens is 1. The summed E-state index contributed by atoms with van der Waals surface area (Å²) in [5, 5.41) is 2.89. The van der Waals surface area contributed by atoms with E-state index in [0.717, 1.165) is 27.2 Å². The maximum absolute atomic E-state index is 12.5. The number of fused-ring (bicyclic) bond motifs is 2. The van der Waals surface area contributed by atoms with E-state index in [1.165, 1.54) is 11.8 Å². The van der Waals surface area contributed by atoms with Gasteiger partial charge in [0.15, 0.2) is 5.58 Å². The molecular formula is C24H19N3O3S. The molecule has 0 bridgehead atoms. The first kappa shape index (κ1) is 19.4. The third-order valence-corrected chi connectivity index (χ3v) is 6.13. The standard InChI is InChI=1S/C24H19N3O3S/c28-22(13-14-27-19-6-2-4-8-21(19)31-15-23(27)29)25-17-11-9-16(10-12-17)24-26-18-5-1-3-7-20(18)30-24/h1-12H,13-15H2,(H,25,28). The summed E-state index contributed by atoms with van der Waals surface area (Å²) in [5.74, 6) is 0.826. The van der Waals surface area contributed by atoms with Crippen LogP contribution in [-0.4, -0.2) is 29.1 Å². The topological polar surface area (TPSA) is 75.4 Å². The van der Waals surface area contributed by atoms with Crippen LogP contribution in [0, 0.1) is 0 Å². The number of amides is 2. The highest BCUT2D eigenvalue weighted by Crippen LogP contribution is 2.35. The Balaban J connectivity index is 1.22. The van der Waals surface area contributed by atoms with E-state index in [4.69, 9.17) is 4.42 Å². The second kappa shape index (κ2) is 8.28. The number of anilines is 2. The molecule has 4 aromatic rings. The summed E-state index contributed by atoms with van der Waals surface area (Å²) in [6, 6.07) is 22.8. The van der Waals surface area contributed by atoms with Crippen molar-refractivity contribution in [3.05, 3.63) is 72.8 Å². The predicted octanol–water partition coefficient (Wildman–Crippen LogP) is 4.96. The minimum Gasteiger partial charge on any atom is -0.436 e. The maximum Gasteiger partial charge on any atom is 0.237 e. The van der Waals surface area contributed by atoms with Gasteiger partial charge in [0.25, 0.3) is 0 Å². The van der Waals surface area contributed by atoms with Gasteiger partial charge in [-0.2, -0.15) is 0 Å². The zero-order valence-corrected chi connectivity index (χ0v) is 17.4. The van der Waals surface area contributed by atoms with E-state index in [2.05, 4.69) is 10.3 Å². The van der Waals surface area contributed by atoms with Crippen LogP contribution in [0.15, 0.2) is 82.1 Å². The summed E-state index contributed by atoms with van der Waals surface area (Å²) in [7, 11) is 0. The molecule has 3 aromatic carbocycles. The lowest BCUT2D eigenvalue weighted by Gasteiger charge is -2.28. The maximum atomic E-state index is 12.5. The molecule has 0 atom stereocenters. The van der Waals surface area contributed by atoms with Gasteiger partial charge in [-0.05, 0) is 48.5 Å². The summed E-state index contributed by atoms with van der Waals surface area (Å²) < 4.78 is 5.78.